The largest absolute Gasteiger partial charge is 0.481 e. The van der Waals surface area contributed by atoms with Crippen LogP contribution in [0.25, 0.3) is 0 Å². The van der Waals surface area contributed by atoms with Crippen molar-refractivity contribution in [3.8, 4) is 0 Å². The van der Waals surface area contributed by atoms with Crippen LogP contribution in [0.1, 0.15) is 32.1 Å². The molecule has 2 amide bonds. The minimum absolute atomic E-state index is 0.139. The number of aliphatic carboxylic acids is 1. The Morgan fingerprint density at radius 3 is 2.65 bits per heavy atom. The molecule has 0 aromatic carbocycles. The second kappa shape index (κ2) is 3.87. The van der Waals surface area contributed by atoms with Crippen molar-refractivity contribution in [1.82, 2.24) is 15.1 Å². The van der Waals surface area contributed by atoms with Crippen LogP contribution in [-0.2, 0) is 4.79 Å². The van der Waals surface area contributed by atoms with E-state index in [2.05, 4.69) is 5.32 Å². The van der Waals surface area contributed by atoms with E-state index in [0.717, 1.165) is 51.9 Å². The van der Waals surface area contributed by atoms with Gasteiger partial charge in [-0.15, -0.1) is 0 Å². The Hall–Kier alpha value is -1.30. The number of carbonyl (C=O) groups excluding carboxylic acids is 1. The third-order valence-electron chi connectivity index (χ3n) is 6.05. The van der Waals surface area contributed by atoms with Crippen LogP contribution in [-0.4, -0.2) is 64.7 Å². The first kappa shape index (κ1) is 12.4. The molecule has 2 aliphatic heterocycles. The molecule has 0 unspecified atom stereocenters. The molecule has 2 bridgehead atoms. The Bertz CT molecular complexity index is 470. The molecule has 20 heavy (non-hydrogen) atoms. The number of urea groups is 1. The molecule has 4 fully saturated rings. The highest BCUT2D eigenvalue weighted by atomic mass is 16.4. The lowest BCUT2D eigenvalue weighted by atomic mass is 9.84. The molecule has 0 aromatic heterocycles. The van der Waals surface area contributed by atoms with E-state index in [1.807, 2.05) is 9.80 Å². The van der Waals surface area contributed by atoms with Crippen LogP contribution >= 0.6 is 0 Å². The second-order valence-corrected chi connectivity index (χ2v) is 6.93. The lowest BCUT2D eigenvalue weighted by molar-refractivity contribution is -0.148. The number of carbonyl (C=O) groups is 2. The zero-order valence-electron chi connectivity index (χ0n) is 11.6. The summed E-state index contributed by atoms with van der Waals surface area (Å²) in [4.78, 5) is 28.2. The van der Waals surface area contributed by atoms with Crippen molar-refractivity contribution in [3.05, 3.63) is 0 Å². The van der Waals surface area contributed by atoms with Crippen LogP contribution < -0.4 is 5.32 Å². The number of rotatable bonds is 2. The Labute approximate surface area is 118 Å². The van der Waals surface area contributed by atoms with Gasteiger partial charge in [-0.1, -0.05) is 0 Å². The number of piperazine rings is 1. The Kier molecular flexibility index (Phi) is 2.41. The molecule has 2 saturated carbocycles. The van der Waals surface area contributed by atoms with Crippen molar-refractivity contribution in [2.24, 2.45) is 5.41 Å². The van der Waals surface area contributed by atoms with Crippen molar-refractivity contribution in [2.45, 2.75) is 43.7 Å². The van der Waals surface area contributed by atoms with Crippen LogP contribution in [0.15, 0.2) is 0 Å². The summed E-state index contributed by atoms with van der Waals surface area (Å²) < 4.78 is 0. The van der Waals surface area contributed by atoms with Crippen molar-refractivity contribution >= 4 is 12.0 Å². The van der Waals surface area contributed by atoms with Gasteiger partial charge in [0.2, 0.25) is 0 Å². The molecule has 4 aliphatic rings. The monoisotopic (exact) mass is 279 g/mol. The van der Waals surface area contributed by atoms with Gasteiger partial charge in [-0.05, 0) is 32.1 Å². The predicted molar refractivity (Wildman–Crippen MR) is 71.4 cm³/mol. The quantitative estimate of drug-likeness (QED) is 0.771. The fourth-order valence-electron chi connectivity index (χ4n) is 4.85. The van der Waals surface area contributed by atoms with Gasteiger partial charge in [0.1, 0.15) is 0 Å². The molecular formula is C14H21N3O3. The van der Waals surface area contributed by atoms with E-state index in [-0.39, 0.29) is 17.6 Å². The summed E-state index contributed by atoms with van der Waals surface area (Å²) in [5, 5.41) is 12.8. The first-order valence-corrected chi connectivity index (χ1v) is 7.59. The van der Waals surface area contributed by atoms with Gasteiger partial charge in [-0.2, -0.15) is 0 Å². The van der Waals surface area contributed by atoms with Crippen LogP contribution in [0.5, 0.6) is 0 Å². The summed E-state index contributed by atoms with van der Waals surface area (Å²) in [7, 11) is 0. The van der Waals surface area contributed by atoms with Crippen molar-refractivity contribution in [1.29, 1.82) is 0 Å². The molecule has 0 aromatic rings. The molecule has 0 spiro atoms. The zero-order chi connectivity index (χ0) is 14.0. The molecule has 2 saturated heterocycles. The van der Waals surface area contributed by atoms with Gasteiger partial charge in [0.25, 0.3) is 0 Å². The van der Waals surface area contributed by atoms with Gasteiger partial charge >= 0.3 is 12.0 Å². The highest BCUT2D eigenvalue weighted by molar-refractivity contribution is 5.80. The molecule has 0 radical (unpaired) electrons. The van der Waals surface area contributed by atoms with Crippen LogP contribution in [0.2, 0.25) is 0 Å². The fraction of sp³-hybridized carbons (Fsp3) is 0.857. The number of hydrogen-bond donors (Lipinski definition) is 2. The highest BCUT2D eigenvalue weighted by Crippen LogP contribution is 2.59. The van der Waals surface area contributed by atoms with E-state index in [1.165, 1.54) is 0 Å². The third-order valence-corrected chi connectivity index (χ3v) is 6.05. The van der Waals surface area contributed by atoms with Crippen molar-refractivity contribution in [3.63, 3.8) is 0 Å². The number of hydrogen-bond acceptors (Lipinski definition) is 3. The molecule has 4 rings (SSSR count). The van der Waals surface area contributed by atoms with Gasteiger partial charge in [-0.25, -0.2) is 4.79 Å². The molecule has 6 nitrogen and oxygen atoms in total. The standard InChI is InChI=1S/C14H21N3O3/c18-11(19)13-1-3-14(9-13,4-2-13)17-8-10-7-15-5-6-16(10)12(17)20/h10,15H,1-9H2,(H,18,19)/t10-,13?,14?/m0/s1. The lowest BCUT2D eigenvalue weighted by Gasteiger charge is -2.36. The van der Waals surface area contributed by atoms with Gasteiger partial charge in [0.05, 0.1) is 11.5 Å². The molecule has 1 atom stereocenters. The molecular weight excluding hydrogens is 258 g/mol. The molecule has 110 valence electrons. The maximum absolute atomic E-state index is 12.7. The maximum Gasteiger partial charge on any atom is 0.320 e. The van der Waals surface area contributed by atoms with E-state index >= 15 is 0 Å². The molecule has 2 aliphatic carbocycles. The van der Waals surface area contributed by atoms with Crippen molar-refractivity contribution < 1.29 is 14.7 Å². The molecule has 2 heterocycles. The first-order chi connectivity index (χ1) is 9.56. The number of nitrogens with one attached hydrogen (secondary N) is 1. The van der Waals surface area contributed by atoms with Crippen LogP contribution in [0.4, 0.5) is 4.79 Å². The summed E-state index contributed by atoms with van der Waals surface area (Å²) in [5.41, 5.74) is -0.728. The minimum Gasteiger partial charge on any atom is -0.481 e. The number of carboxylic acid groups (broad SMARTS) is 1. The van der Waals surface area contributed by atoms with Gasteiger partial charge < -0.3 is 20.2 Å². The van der Waals surface area contributed by atoms with E-state index in [1.54, 1.807) is 0 Å². The average molecular weight is 279 g/mol. The highest BCUT2D eigenvalue weighted by Gasteiger charge is 2.63. The van der Waals surface area contributed by atoms with E-state index in [9.17, 15) is 14.7 Å². The van der Waals surface area contributed by atoms with Gasteiger partial charge in [-0.3, -0.25) is 4.79 Å². The molecule has 6 heteroatoms. The fourth-order valence-corrected chi connectivity index (χ4v) is 4.85. The smallest absolute Gasteiger partial charge is 0.320 e. The van der Waals surface area contributed by atoms with Crippen LogP contribution in [0.3, 0.4) is 0 Å². The number of fused-ring (bicyclic) bond motifs is 3. The SMILES string of the molecule is O=C1N2CCNC[C@H]2CN1C12CCC(C(=O)O)(CC1)C2. The number of amides is 2. The van der Waals surface area contributed by atoms with E-state index in [0.29, 0.717) is 6.42 Å². The Morgan fingerprint density at radius 2 is 2.05 bits per heavy atom. The normalized spacial score (nSPS) is 43.2. The summed E-state index contributed by atoms with van der Waals surface area (Å²) in [6.45, 7) is 3.27. The zero-order valence-corrected chi connectivity index (χ0v) is 11.6. The number of nitrogens with zero attached hydrogens (tertiary/aromatic N) is 2. The van der Waals surface area contributed by atoms with Gasteiger partial charge in [0, 0.05) is 31.7 Å². The van der Waals surface area contributed by atoms with E-state index < -0.39 is 11.4 Å². The average Bonchev–Trinajstić information content (AvgIpc) is 3.11. The summed E-state index contributed by atoms with van der Waals surface area (Å²) in [5.74, 6) is -0.664. The molecule has 2 N–H and O–H groups in total. The van der Waals surface area contributed by atoms with Crippen molar-refractivity contribution in [2.75, 3.05) is 26.2 Å². The van der Waals surface area contributed by atoms with Crippen LogP contribution in [0, 0.1) is 5.41 Å². The third kappa shape index (κ3) is 1.43. The minimum atomic E-state index is -0.664. The summed E-state index contributed by atoms with van der Waals surface area (Å²) in [6.07, 6.45) is 3.84. The Morgan fingerprint density at radius 1 is 1.30 bits per heavy atom. The maximum atomic E-state index is 12.7. The predicted octanol–water partition coefficient (Wildman–Crippen LogP) is 0.483. The second-order valence-electron chi connectivity index (χ2n) is 6.93. The Balaban J connectivity index is 1.60. The number of carboxylic acids is 1. The summed E-state index contributed by atoms with van der Waals surface area (Å²) in [6, 6.07) is 0.408. The summed E-state index contributed by atoms with van der Waals surface area (Å²) >= 11 is 0. The first-order valence-electron chi connectivity index (χ1n) is 7.59. The van der Waals surface area contributed by atoms with Gasteiger partial charge in [0.15, 0.2) is 0 Å². The van der Waals surface area contributed by atoms with E-state index in [4.69, 9.17) is 0 Å². The topological polar surface area (TPSA) is 72.9 Å². The lowest BCUT2D eigenvalue weighted by Crippen LogP contribution is -2.50.